The summed E-state index contributed by atoms with van der Waals surface area (Å²) in [5, 5.41) is 2.68. The van der Waals surface area contributed by atoms with Crippen LogP contribution < -0.4 is 14.8 Å². The van der Waals surface area contributed by atoms with Crippen molar-refractivity contribution >= 4 is 11.9 Å². The molecule has 2 aromatic rings. The minimum atomic E-state index is -0.997. The number of hydrogen-bond donors (Lipinski definition) is 1. The number of carbonyl (C=O) groups excluding carboxylic acids is 2. The van der Waals surface area contributed by atoms with Gasteiger partial charge in [0, 0.05) is 17.2 Å². The molecule has 1 unspecified atom stereocenters. The van der Waals surface area contributed by atoms with Gasteiger partial charge in [-0.2, -0.15) is 0 Å². The molecule has 2 aromatic carbocycles. The van der Waals surface area contributed by atoms with Crippen LogP contribution in [-0.4, -0.2) is 33.2 Å². The molecule has 6 nitrogen and oxygen atoms in total. The molecule has 1 amide bonds. The number of esters is 1. The van der Waals surface area contributed by atoms with Crippen molar-refractivity contribution in [2.24, 2.45) is 0 Å². The van der Waals surface area contributed by atoms with Crippen LogP contribution in [-0.2, 0) is 9.53 Å². The third-order valence-corrected chi connectivity index (χ3v) is 3.50. The second-order valence-corrected chi connectivity index (χ2v) is 4.90. The fourth-order valence-electron chi connectivity index (χ4n) is 2.24. The number of hydrogen-bond acceptors (Lipinski definition) is 5. The molecule has 126 valence electrons. The average Bonchev–Trinajstić information content (AvgIpc) is 2.65. The normalized spacial score (nSPS) is 11.3. The van der Waals surface area contributed by atoms with Crippen LogP contribution in [0.25, 0.3) is 0 Å². The highest BCUT2D eigenvalue weighted by atomic mass is 16.5. The third-order valence-electron chi connectivity index (χ3n) is 3.50. The van der Waals surface area contributed by atoms with Crippen molar-refractivity contribution in [2.45, 2.75) is 6.04 Å². The zero-order valence-corrected chi connectivity index (χ0v) is 13.7. The van der Waals surface area contributed by atoms with Crippen molar-refractivity contribution in [2.75, 3.05) is 21.3 Å². The van der Waals surface area contributed by atoms with E-state index in [1.165, 1.54) is 21.3 Å². The first-order valence-corrected chi connectivity index (χ1v) is 7.26. The molecule has 0 spiro atoms. The second-order valence-electron chi connectivity index (χ2n) is 4.90. The van der Waals surface area contributed by atoms with Gasteiger partial charge in [-0.25, -0.2) is 4.79 Å². The summed E-state index contributed by atoms with van der Waals surface area (Å²) in [6, 6.07) is 12.6. The number of benzene rings is 2. The Labute approximate surface area is 140 Å². The van der Waals surface area contributed by atoms with E-state index in [0.717, 1.165) is 0 Å². The van der Waals surface area contributed by atoms with Crippen LogP contribution in [0.2, 0.25) is 0 Å². The van der Waals surface area contributed by atoms with Crippen LogP contribution in [0.5, 0.6) is 11.5 Å². The van der Waals surface area contributed by atoms with Crippen LogP contribution in [0, 0.1) is 0 Å². The maximum Gasteiger partial charge on any atom is 0.333 e. The number of ether oxygens (including phenoxy) is 3. The summed E-state index contributed by atoms with van der Waals surface area (Å²) in [5.74, 6) is 0.0123. The highest BCUT2D eigenvalue weighted by molar-refractivity contribution is 5.97. The van der Waals surface area contributed by atoms with Crippen LogP contribution in [0.4, 0.5) is 0 Å². The van der Waals surface area contributed by atoms with E-state index in [1.807, 2.05) is 0 Å². The molecular formula is C18H19NO5. The minimum Gasteiger partial charge on any atom is -0.497 e. The molecule has 1 atom stereocenters. The van der Waals surface area contributed by atoms with E-state index >= 15 is 0 Å². The highest BCUT2D eigenvalue weighted by Crippen LogP contribution is 2.30. The summed E-state index contributed by atoms with van der Waals surface area (Å²) in [6.45, 7) is 0. The average molecular weight is 329 g/mol. The smallest absolute Gasteiger partial charge is 0.333 e. The van der Waals surface area contributed by atoms with Gasteiger partial charge in [0.1, 0.15) is 11.5 Å². The van der Waals surface area contributed by atoms with Crippen LogP contribution >= 0.6 is 0 Å². The molecule has 0 saturated heterocycles. The lowest BCUT2D eigenvalue weighted by molar-refractivity contribution is -0.143. The van der Waals surface area contributed by atoms with Crippen molar-refractivity contribution < 1.29 is 23.8 Å². The monoisotopic (exact) mass is 329 g/mol. The number of nitrogens with one attached hydrogen (secondary N) is 1. The summed E-state index contributed by atoms with van der Waals surface area (Å²) in [6.07, 6.45) is 0. The molecule has 0 heterocycles. The molecule has 0 bridgehead atoms. The lowest BCUT2D eigenvalue weighted by atomic mass is 10.0. The Bertz CT molecular complexity index is 715. The van der Waals surface area contributed by atoms with E-state index in [4.69, 9.17) is 14.2 Å². The molecule has 0 fully saturated rings. The number of amides is 1. The van der Waals surface area contributed by atoms with Crippen LogP contribution in [0.1, 0.15) is 22.0 Å². The predicted molar refractivity (Wildman–Crippen MR) is 88.2 cm³/mol. The first kappa shape index (κ1) is 17.3. The Kier molecular flexibility index (Phi) is 5.78. The van der Waals surface area contributed by atoms with Gasteiger partial charge in [0.15, 0.2) is 6.04 Å². The van der Waals surface area contributed by atoms with Crippen molar-refractivity contribution in [3.05, 3.63) is 59.7 Å². The number of methoxy groups -OCH3 is 3. The van der Waals surface area contributed by atoms with Gasteiger partial charge in [0.2, 0.25) is 0 Å². The van der Waals surface area contributed by atoms with Crippen LogP contribution in [0.15, 0.2) is 48.5 Å². The molecule has 2 rings (SSSR count). The molecule has 0 aliphatic rings. The quantitative estimate of drug-likeness (QED) is 0.824. The highest BCUT2D eigenvalue weighted by Gasteiger charge is 2.27. The third kappa shape index (κ3) is 3.84. The van der Waals surface area contributed by atoms with E-state index in [0.29, 0.717) is 22.6 Å². The lowest BCUT2D eigenvalue weighted by Gasteiger charge is -2.20. The van der Waals surface area contributed by atoms with E-state index in [9.17, 15) is 9.59 Å². The van der Waals surface area contributed by atoms with Crippen molar-refractivity contribution in [3.8, 4) is 11.5 Å². The summed E-state index contributed by atoms with van der Waals surface area (Å²) in [7, 11) is 4.27. The molecule has 6 heteroatoms. The molecule has 0 aromatic heterocycles. The Morgan fingerprint density at radius 3 is 2.25 bits per heavy atom. The van der Waals surface area contributed by atoms with Gasteiger partial charge in [0.05, 0.1) is 21.3 Å². The summed E-state index contributed by atoms with van der Waals surface area (Å²) < 4.78 is 15.3. The lowest BCUT2D eigenvalue weighted by Crippen LogP contribution is -2.34. The molecule has 24 heavy (non-hydrogen) atoms. The van der Waals surface area contributed by atoms with Gasteiger partial charge in [-0.1, -0.05) is 18.2 Å². The standard InChI is InChI=1S/C18H19NO5/c1-22-13-9-10-14(15(11-13)23-2)16(18(21)24-3)19-17(20)12-7-5-4-6-8-12/h4-11,16H,1-3H3,(H,19,20). The first-order chi connectivity index (χ1) is 11.6. The van der Waals surface area contributed by atoms with Gasteiger partial charge in [0.25, 0.3) is 5.91 Å². The van der Waals surface area contributed by atoms with Gasteiger partial charge in [-0.3, -0.25) is 4.79 Å². The predicted octanol–water partition coefficient (Wildman–Crippen LogP) is 2.35. The summed E-state index contributed by atoms with van der Waals surface area (Å²) in [5.41, 5.74) is 0.924. The molecule has 0 aliphatic carbocycles. The number of rotatable bonds is 6. The van der Waals surface area contributed by atoms with Crippen molar-refractivity contribution in [1.82, 2.24) is 5.32 Å². The molecular weight excluding hydrogens is 310 g/mol. The Hall–Kier alpha value is -3.02. The van der Waals surface area contributed by atoms with Crippen LogP contribution in [0.3, 0.4) is 0 Å². The largest absolute Gasteiger partial charge is 0.497 e. The van der Waals surface area contributed by atoms with Crippen molar-refractivity contribution in [1.29, 1.82) is 0 Å². The Morgan fingerprint density at radius 2 is 1.67 bits per heavy atom. The maximum atomic E-state index is 12.4. The molecule has 1 N–H and O–H groups in total. The minimum absolute atomic E-state index is 0.385. The fourth-order valence-corrected chi connectivity index (χ4v) is 2.24. The fraction of sp³-hybridized carbons (Fsp3) is 0.222. The summed E-state index contributed by atoms with van der Waals surface area (Å²) in [4.78, 5) is 24.6. The second kappa shape index (κ2) is 8.01. The molecule has 0 aliphatic heterocycles. The molecule has 0 saturated carbocycles. The van der Waals surface area contributed by atoms with Crippen molar-refractivity contribution in [3.63, 3.8) is 0 Å². The Balaban J connectivity index is 2.36. The van der Waals surface area contributed by atoms with Gasteiger partial charge < -0.3 is 19.5 Å². The number of carbonyl (C=O) groups is 2. The zero-order valence-electron chi connectivity index (χ0n) is 13.7. The van der Waals surface area contributed by atoms with Gasteiger partial charge >= 0.3 is 5.97 Å². The maximum absolute atomic E-state index is 12.4. The van der Waals surface area contributed by atoms with E-state index in [1.54, 1.807) is 48.5 Å². The van der Waals surface area contributed by atoms with E-state index in [2.05, 4.69) is 5.32 Å². The van der Waals surface area contributed by atoms with E-state index < -0.39 is 12.0 Å². The SMILES string of the molecule is COC(=O)C(NC(=O)c1ccccc1)c1ccc(OC)cc1OC. The van der Waals surface area contributed by atoms with E-state index in [-0.39, 0.29) is 5.91 Å². The Morgan fingerprint density at radius 1 is 0.958 bits per heavy atom. The zero-order chi connectivity index (χ0) is 17.5. The topological polar surface area (TPSA) is 73.9 Å². The first-order valence-electron chi connectivity index (χ1n) is 7.26. The summed E-state index contributed by atoms with van der Waals surface area (Å²) >= 11 is 0. The van der Waals surface area contributed by atoms with Gasteiger partial charge in [-0.15, -0.1) is 0 Å². The van der Waals surface area contributed by atoms with Gasteiger partial charge in [-0.05, 0) is 24.3 Å². The molecule has 0 radical (unpaired) electrons.